The molecule has 0 fully saturated rings. The summed E-state index contributed by atoms with van der Waals surface area (Å²) >= 11 is 0.907. The van der Waals surface area contributed by atoms with Crippen molar-refractivity contribution in [1.82, 2.24) is 29.3 Å². The maximum Gasteiger partial charge on any atom is 0.451 e. The maximum atomic E-state index is 12.6. The molecule has 2 rings (SSSR count). The SMILES string of the molecule is Cc1nnsc1C(=O)NCCn1nc(C(F)(F)F)n(C)c1=O. The molecule has 2 aromatic heterocycles. The van der Waals surface area contributed by atoms with Crippen molar-refractivity contribution < 1.29 is 18.0 Å². The van der Waals surface area contributed by atoms with Gasteiger partial charge in [0.1, 0.15) is 4.88 Å². The van der Waals surface area contributed by atoms with E-state index < -0.39 is 23.6 Å². The lowest BCUT2D eigenvalue weighted by molar-refractivity contribution is -0.147. The number of rotatable bonds is 4. The monoisotopic (exact) mass is 336 g/mol. The molecule has 0 radical (unpaired) electrons. The first-order valence-electron chi connectivity index (χ1n) is 6.00. The highest BCUT2D eigenvalue weighted by Crippen LogP contribution is 2.25. The van der Waals surface area contributed by atoms with Crippen LogP contribution >= 0.6 is 11.5 Å². The molecule has 0 bridgehead atoms. The number of nitrogens with zero attached hydrogens (tertiary/aromatic N) is 5. The Kier molecular flexibility index (Phi) is 4.30. The summed E-state index contributed by atoms with van der Waals surface area (Å²) in [6, 6.07) is 0. The van der Waals surface area contributed by atoms with Crippen LogP contribution in [0.25, 0.3) is 0 Å². The van der Waals surface area contributed by atoms with Crippen LogP contribution in [0.1, 0.15) is 21.2 Å². The number of aromatic nitrogens is 5. The fourth-order valence-electron chi connectivity index (χ4n) is 1.68. The average Bonchev–Trinajstić information content (AvgIpc) is 2.96. The lowest BCUT2D eigenvalue weighted by atomic mass is 10.4. The van der Waals surface area contributed by atoms with Gasteiger partial charge < -0.3 is 5.32 Å². The van der Waals surface area contributed by atoms with Crippen LogP contribution in [-0.2, 0) is 19.8 Å². The van der Waals surface area contributed by atoms with Crippen molar-refractivity contribution in [3.05, 3.63) is 26.9 Å². The zero-order chi connectivity index (χ0) is 16.5. The molecule has 0 aliphatic rings. The minimum Gasteiger partial charge on any atom is -0.349 e. The Balaban J connectivity index is 2.03. The van der Waals surface area contributed by atoms with Crippen LogP contribution in [0.3, 0.4) is 0 Å². The number of carbonyl (C=O) groups excluding carboxylic acids is 1. The molecule has 0 aromatic carbocycles. The number of hydrogen-bond donors (Lipinski definition) is 1. The highest BCUT2D eigenvalue weighted by molar-refractivity contribution is 7.07. The number of aryl methyl sites for hydroxylation is 1. The summed E-state index contributed by atoms with van der Waals surface area (Å²) in [6.45, 7) is 1.38. The Labute approximate surface area is 125 Å². The van der Waals surface area contributed by atoms with Crippen LogP contribution in [0.2, 0.25) is 0 Å². The van der Waals surface area contributed by atoms with E-state index in [1.807, 2.05) is 0 Å². The normalized spacial score (nSPS) is 11.7. The van der Waals surface area contributed by atoms with Gasteiger partial charge in [0.05, 0.1) is 12.2 Å². The molecule has 0 atom stereocenters. The summed E-state index contributed by atoms with van der Waals surface area (Å²) < 4.78 is 42.5. The van der Waals surface area contributed by atoms with E-state index in [9.17, 15) is 22.8 Å². The first-order valence-corrected chi connectivity index (χ1v) is 6.77. The average molecular weight is 336 g/mol. The van der Waals surface area contributed by atoms with Crippen LogP contribution in [0, 0.1) is 6.92 Å². The van der Waals surface area contributed by atoms with Crippen LogP contribution in [0.15, 0.2) is 4.79 Å². The Morgan fingerprint density at radius 3 is 2.59 bits per heavy atom. The fraction of sp³-hybridized carbons (Fsp3) is 0.500. The van der Waals surface area contributed by atoms with Gasteiger partial charge in [0.25, 0.3) is 5.91 Å². The summed E-state index contributed by atoms with van der Waals surface area (Å²) in [7, 11) is 0.986. The highest BCUT2D eigenvalue weighted by Gasteiger charge is 2.37. The largest absolute Gasteiger partial charge is 0.451 e. The van der Waals surface area contributed by atoms with Gasteiger partial charge in [0.15, 0.2) is 0 Å². The number of carbonyl (C=O) groups is 1. The Morgan fingerprint density at radius 2 is 2.09 bits per heavy atom. The van der Waals surface area contributed by atoms with E-state index in [1.54, 1.807) is 6.92 Å². The van der Waals surface area contributed by atoms with Gasteiger partial charge in [0.2, 0.25) is 5.82 Å². The van der Waals surface area contributed by atoms with Gasteiger partial charge >= 0.3 is 11.9 Å². The predicted octanol–water partition coefficient (Wildman–Crippen LogP) is 0.191. The Morgan fingerprint density at radius 1 is 1.41 bits per heavy atom. The molecule has 0 saturated carbocycles. The molecule has 120 valence electrons. The topological polar surface area (TPSA) is 94.7 Å². The van der Waals surface area contributed by atoms with E-state index in [0.717, 1.165) is 18.6 Å². The molecule has 8 nitrogen and oxygen atoms in total. The second kappa shape index (κ2) is 5.87. The van der Waals surface area contributed by atoms with Gasteiger partial charge in [-0.15, -0.1) is 10.2 Å². The molecule has 0 aliphatic carbocycles. The van der Waals surface area contributed by atoms with Crippen molar-refractivity contribution in [2.45, 2.75) is 19.6 Å². The van der Waals surface area contributed by atoms with Gasteiger partial charge in [-0.2, -0.15) is 13.2 Å². The van der Waals surface area contributed by atoms with Crippen molar-refractivity contribution in [2.75, 3.05) is 6.54 Å². The minimum absolute atomic E-state index is 0.0512. The molecule has 0 aliphatic heterocycles. The molecular formula is C10H11F3N6O2S. The standard InChI is InChI=1S/C10H11F3N6O2S/c1-5-6(22-17-15-5)7(20)14-3-4-19-9(21)18(2)8(16-19)10(11,12)13/h3-4H2,1-2H3,(H,14,20). The predicted molar refractivity (Wildman–Crippen MR) is 69.4 cm³/mol. The van der Waals surface area contributed by atoms with Gasteiger partial charge in [0, 0.05) is 13.6 Å². The lowest BCUT2D eigenvalue weighted by Crippen LogP contribution is -2.31. The second-order valence-electron chi connectivity index (χ2n) is 4.33. The first kappa shape index (κ1) is 16.1. The Hall–Kier alpha value is -2.24. The van der Waals surface area contributed by atoms with Crippen LogP contribution in [-0.4, -0.2) is 36.4 Å². The highest BCUT2D eigenvalue weighted by atomic mass is 32.1. The van der Waals surface area contributed by atoms with Crippen LogP contribution < -0.4 is 11.0 Å². The smallest absolute Gasteiger partial charge is 0.349 e. The molecule has 12 heteroatoms. The second-order valence-corrected chi connectivity index (χ2v) is 5.08. The van der Waals surface area contributed by atoms with E-state index in [0.29, 0.717) is 19.8 Å². The van der Waals surface area contributed by atoms with Crippen molar-refractivity contribution in [3.8, 4) is 0 Å². The molecule has 22 heavy (non-hydrogen) atoms. The third kappa shape index (κ3) is 3.16. The third-order valence-electron chi connectivity index (χ3n) is 2.76. The van der Waals surface area contributed by atoms with Gasteiger partial charge in [-0.25, -0.2) is 9.48 Å². The first-order chi connectivity index (χ1) is 10.2. The van der Waals surface area contributed by atoms with E-state index in [4.69, 9.17) is 0 Å². The summed E-state index contributed by atoms with van der Waals surface area (Å²) in [5.41, 5.74) is -0.450. The fourth-order valence-corrected chi connectivity index (χ4v) is 2.25. The zero-order valence-corrected chi connectivity index (χ0v) is 12.3. The zero-order valence-electron chi connectivity index (χ0n) is 11.5. The third-order valence-corrected chi connectivity index (χ3v) is 3.59. The molecule has 2 heterocycles. The van der Waals surface area contributed by atoms with Gasteiger partial charge in [-0.1, -0.05) is 4.49 Å². The van der Waals surface area contributed by atoms with E-state index in [1.165, 1.54) is 0 Å². The van der Waals surface area contributed by atoms with Crippen LogP contribution in [0.4, 0.5) is 13.2 Å². The summed E-state index contributed by atoms with van der Waals surface area (Å²) in [5, 5.41) is 9.37. The molecule has 2 aromatic rings. The molecule has 1 amide bonds. The summed E-state index contributed by atoms with van der Waals surface area (Å²) in [6.07, 6.45) is -4.71. The molecule has 0 saturated heterocycles. The maximum absolute atomic E-state index is 12.6. The van der Waals surface area contributed by atoms with Crippen molar-refractivity contribution in [3.63, 3.8) is 0 Å². The lowest BCUT2D eigenvalue weighted by Gasteiger charge is -2.03. The van der Waals surface area contributed by atoms with Crippen molar-refractivity contribution >= 4 is 17.4 Å². The van der Waals surface area contributed by atoms with Gasteiger partial charge in [-0.3, -0.25) is 9.36 Å². The number of hydrogen-bond acceptors (Lipinski definition) is 6. The quantitative estimate of drug-likeness (QED) is 0.860. The van der Waals surface area contributed by atoms with E-state index in [-0.39, 0.29) is 13.1 Å². The van der Waals surface area contributed by atoms with E-state index >= 15 is 0 Å². The van der Waals surface area contributed by atoms with Crippen molar-refractivity contribution in [2.24, 2.45) is 7.05 Å². The Bertz CT molecular complexity index is 747. The minimum atomic E-state index is -4.71. The molecule has 1 N–H and O–H groups in total. The molecule has 0 spiro atoms. The van der Waals surface area contributed by atoms with Gasteiger partial charge in [-0.05, 0) is 18.5 Å². The van der Waals surface area contributed by atoms with Crippen molar-refractivity contribution in [1.29, 1.82) is 0 Å². The number of amides is 1. The number of nitrogens with one attached hydrogen (secondary N) is 1. The molecule has 0 unspecified atom stereocenters. The molecular weight excluding hydrogens is 325 g/mol. The van der Waals surface area contributed by atoms with Crippen LogP contribution in [0.5, 0.6) is 0 Å². The summed E-state index contributed by atoms with van der Waals surface area (Å²) in [5.74, 6) is -1.74. The summed E-state index contributed by atoms with van der Waals surface area (Å²) in [4.78, 5) is 23.7. The van der Waals surface area contributed by atoms with E-state index in [2.05, 4.69) is 20.0 Å². The number of alkyl halides is 3. The number of halogens is 3.